The maximum Gasteiger partial charge on any atom is 0.222 e. The Hall–Kier alpha value is -1.84. The number of benzene rings is 1. The average Bonchev–Trinajstić information content (AvgIpc) is 3.06. The summed E-state index contributed by atoms with van der Waals surface area (Å²) in [5.41, 5.74) is 1.82. The smallest absolute Gasteiger partial charge is 0.222 e. The molecule has 1 atom stereocenters. The monoisotopic (exact) mass is 473 g/mol. The van der Waals surface area contributed by atoms with Crippen molar-refractivity contribution in [2.75, 3.05) is 25.5 Å². The summed E-state index contributed by atoms with van der Waals surface area (Å²) in [7, 11) is 1.73. The van der Waals surface area contributed by atoms with Crippen molar-refractivity contribution in [2.45, 2.75) is 39.3 Å². The Morgan fingerprint density at radius 1 is 1.35 bits per heavy atom. The van der Waals surface area contributed by atoms with Gasteiger partial charge in [-0.1, -0.05) is 19.1 Å². The Balaban J connectivity index is 0.00000338. The van der Waals surface area contributed by atoms with Crippen LogP contribution in [-0.4, -0.2) is 48.9 Å². The third-order valence-electron chi connectivity index (χ3n) is 4.12. The molecule has 7 nitrogen and oxygen atoms in total. The molecule has 26 heavy (non-hydrogen) atoms. The van der Waals surface area contributed by atoms with Gasteiger partial charge in [0.1, 0.15) is 0 Å². The van der Waals surface area contributed by atoms with Crippen LogP contribution in [0.1, 0.15) is 32.3 Å². The second-order valence-corrected chi connectivity index (χ2v) is 6.13. The minimum Gasteiger partial charge on any atom is -0.352 e. The first-order valence-corrected chi connectivity index (χ1v) is 8.63. The molecule has 2 rings (SSSR count). The molecule has 1 fully saturated rings. The first-order valence-electron chi connectivity index (χ1n) is 8.63. The summed E-state index contributed by atoms with van der Waals surface area (Å²) < 4.78 is 0. The fourth-order valence-corrected chi connectivity index (χ4v) is 2.86. The van der Waals surface area contributed by atoms with Crippen molar-refractivity contribution in [2.24, 2.45) is 4.99 Å². The summed E-state index contributed by atoms with van der Waals surface area (Å²) in [4.78, 5) is 29.0. The van der Waals surface area contributed by atoms with Crippen LogP contribution in [0.15, 0.2) is 29.3 Å². The topological polar surface area (TPSA) is 85.8 Å². The van der Waals surface area contributed by atoms with E-state index in [-0.39, 0.29) is 41.8 Å². The van der Waals surface area contributed by atoms with Gasteiger partial charge in [0.15, 0.2) is 5.96 Å². The number of rotatable bonds is 5. The summed E-state index contributed by atoms with van der Waals surface area (Å²) >= 11 is 0. The SMILES string of the molecule is CCC(=O)N1CCC(NC(=NC)NCc2cccc(NC(C)=O)c2)C1.I. The minimum atomic E-state index is -0.0880. The van der Waals surface area contributed by atoms with Crippen LogP contribution in [0.2, 0.25) is 0 Å². The zero-order valence-electron chi connectivity index (χ0n) is 15.5. The number of carbonyl (C=O) groups is 2. The Morgan fingerprint density at radius 2 is 2.12 bits per heavy atom. The van der Waals surface area contributed by atoms with E-state index in [4.69, 9.17) is 0 Å². The zero-order chi connectivity index (χ0) is 18.2. The number of nitrogens with one attached hydrogen (secondary N) is 3. The van der Waals surface area contributed by atoms with Crippen LogP contribution in [0.4, 0.5) is 5.69 Å². The molecule has 0 radical (unpaired) electrons. The lowest BCUT2D eigenvalue weighted by Gasteiger charge is -2.19. The third kappa shape index (κ3) is 6.81. The van der Waals surface area contributed by atoms with Crippen molar-refractivity contribution in [3.8, 4) is 0 Å². The van der Waals surface area contributed by atoms with Gasteiger partial charge in [-0.15, -0.1) is 24.0 Å². The van der Waals surface area contributed by atoms with Crippen LogP contribution in [-0.2, 0) is 16.1 Å². The molecule has 8 heteroatoms. The molecular weight excluding hydrogens is 445 g/mol. The van der Waals surface area contributed by atoms with Gasteiger partial charge in [-0.3, -0.25) is 14.6 Å². The molecule has 1 heterocycles. The molecule has 0 aromatic heterocycles. The van der Waals surface area contributed by atoms with Gasteiger partial charge in [0.25, 0.3) is 0 Å². The molecule has 2 amide bonds. The number of anilines is 1. The number of likely N-dealkylation sites (tertiary alicyclic amines) is 1. The summed E-state index contributed by atoms with van der Waals surface area (Å²) in [5, 5.41) is 9.42. The van der Waals surface area contributed by atoms with E-state index in [1.807, 2.05) is 36.1 Å². The van der Waals surface area contributed by atoms with E-state index in [1.54, 1.807) is 7.05 Å². The van der Waals surface area contributed by atoms with E-state index < -0.39 is 0 Å². The standard InChI is InChI=1S/C18H27N5O2.HI/c1-4-17(25)23-9-8-16(12-23)22-18(19-3)20-11-14-6-5-7-15(10-14)21-13(2)24;/h5-7,10,16H,4,8-9,11-12H2,1-3H3,(H,21,24)(H2,19,20,22);1H. The van der Waals surface area contributed by atoms with Crippen LogP contribution in [0, 0.1) is 0 Å². The van der Waals surface area contributed by atoms with Crippen molar-refractivity contribution in [3.63, 3.8) is 0 Å². The molecule has 1 aliphatic heterocycles. The molecule has 144 valence electrons. The number of carbonyl (C=O) groups excluding carboxylic acids is 2. The normalized spacial score (nSPS) is 16.7. The highest BCUT2D eigenvalue weighted by Crippen LogP contribution is 2.12. The Kier molecular flexibility index (Phi) is 9.39. The number of amides is 2. The summed E-state index contributed by atoms with van der Waals surface area (Å²) in [6.45, 7) is 5.48. The van der Waals surface area contributed by atoms with Gasteiger partial charge in [0, 0.05) is 51.8 Å². The van der Waals surface area contributed by atoms with Crippen molar-refractivity contribution in [1.82, 2.24) is 15.5 Å². The molecule has 0 spiro atoms. The Morgan fingerprint density at radius 3 is 2.77 bits per heavy atom. The molecule has 1 aromatic carbocycles. The summed E-state index contributed by atoms with van der Waals surface area (Å²) in [6.07, 6.45) is 1.47. The van der Waals surface area contributed by atoms with Crippen LogP contribution in [0.3, 0.4) is 0 Å². The molecule has 3 N–H and O–H groups in total. The molecule has 1 aliphatic rings. The van der Waals surface area contributed by atoms with Crippen LogP contribution < -0.4 is 16.0 Å². The third-order valence-corrected chi connectivity index (χ3v) is 4.12. The second-order valence-electron chi connectivity index (χ2n) is 6.13. The number of hydrogen-bond acceptors (Lipinski definition) is 3. The first kappa shape index (κ1) is 22.2. The fourth-order valence-electron chi connectivity index (χ4n) is 2.86. The average molecular weight is 473 g/mol. The highest BCUT2D eigenvalue weighted by atomic mass is 127. The van der Waals surface area contributed by atoms with Crippen LogP contribution in [0.25, 0.3) is 0 Å². The molecule has 0 aliphatic carbocycles. The summed E-state index contributed by atoms with van der Waals surface area (Å²) in [5.74, 6) is 0.817. The van der Waals surface area contributed by atoms with E-state index >= 15 is 0 Å². The molecular formula is C18H28IN5O2. The van der Waals surface area contributed by atoms with Crippen molar-refractivity contribution < 1.29 is 9.59 Å². The number of hydrogen-bond donors (Lipinski definition) is 3. The second kappa shape index (κ2) is 11.0. The maximum atomic E-state index is 11.8. The lowest BCUT2D eigenvalue weighted by molar-refractivity contribution is -0.129. The van der Waals surface area contributed by atoms with Gasteiger partial charge in [-0.05, 0) is 24.1 Å². The predicted octanol–water partition coefficient (Wildman–Crippen LogP) is 1.94. The zero-order valence-corrected chi connectivity index (χ0v) is 17.9. The van der Waals surface area contributed by atoms with Gasteiger partial charge in [0.05, 0.1) is 0 Å². The number of guanidine groups is 1. The lowest BCUT2D eigenvalue weighted by Crippen LogP contribution is -2.44. The highest BCUT2D eigenvalue weighted by molar-refractivity contribution is 14.0. The quantitative estimate of drug-likeness (QED) is 0.347. The minimum absolute atomic E-state index is 0. The van der Waals surface area contributed by atoms with Crippen LogP contribution >= 0.6 is 24.0 Å². The van der Waals surface area contributed by atoms with E-state index in [9.17, 15) is 9.59 Å². The van der Waals surface area contributed by atoms with Crippen molar-refractivity contribution in [3.05, 3.63) is 29.8 Å². The summed E-state index contributed by atoms with van der Waals surface area (Å²) in [6, 6.07) is 7.90. The maximum absolute atomic E-state index is 11.8. The van der Waals surface area contributed by atoms with Crippen molar-refractivity contribution in [1.29, 1.82) is 0 Å². The van der Waals surface area contributed by atoms with Gasteiger partial charge in [-0.25, -0.2) is 0 Å². The molecule has 1 saturated heterocycles. The lowest BCUT2D eigenvalue weighted by atomic mass is 10.2. The van der Waals surface area contributed by atoms with E-state index in [0.29, 0.717) is 25.5 Å². The first-order chi connectivity index (χ1) is 12.0. The number of aliphatic imine (C=N–C) groups is 1. The Bertz CT molecular complexity index is 650. The van der Waals surface area contributed by atoms with Crippen LogP contribution in [0.5, 0.6) is 0 Å². The van der Waals surface area contributed by atoms with E-state index in [0.717, 1.165) is 24.2 Å². The van der Waals surface area contributed by atoms with Gasteiger partial charge < -0.3 is 20.9 Å². The highest BCUT2D eigenvalue weighted by Gasteiger charge is 2.25. The van der Waals surface area contributed by atoms with Gasteiger partial charge in [-0.2, -0.15) is 0 Å². The number of nitrogens with zero attached hydrogens (tertiary/aromatic N) is 2. The Labute approximate surface area is 172 Å². The van der Waals surface area contributed by atoms with E-state index in [2.05, 4.69) is 20.9 Å². The van der Waals surface area contributed by atoms with Gasteiger partial charge in [0.2, 0.25) is 11.8 Å². The number of halogens is 1. The molecule has 1 aromatic rings. The predicted molar refractivity (Wildman–Crippen MR) is 115 cm³/mol. The fraction of sp³-hybridized carbons (Fsp3) is 0.500. The molecule has 0 saturated carbocycles. The largest absolute Gasteiger partial charge is 0.352 e. The van der Waals surface area contributed by atoms with E-state index in [1.165, 1.54) is 6.92 Å². The molecule has 1 unspecified atom stereocenters. The van der Waals surface area contributed by atoms with Gasteiger partial charge >= 0.3 is 0 Å². The molecule has 0 bridgehead atoms. The van der Waals surface area contributed by atoms with Crippen molar-refractivity contribution >= 4 is 47.4 Å².